The van der Waals surface area contributed by atoms with Gasteiger partial charge in [0, 0.05) is 12.6 Å². The summed E-state index contributed by atoms with van der Waals surface area (Å²) < 4.78 is 10.7. The van der Waals surface area contributed by atoms with Crippen molar-refractivity contribution in [1.29, 1.82) is 0 Å². The van der Waals surface area contributed by atoms with Gasteiger partial charge < -0.3 is 9.47 Å². The van der Waals surface area contributed by atoms with Gasteiger partial charge in [0.15, 0.2) is 6.04 Å². The second kappa shape index (κ2) is 10.1. The number of nitrogens with zero attached hydrogens (tertiary/aromatic N) is 1. The molecule has 0 fully saturated rings. The number of carbonyl (C=O) groups excluding carboxylic acids is 1. The predicted octanol–water partition coefficient (Wildman–Crippen LogP) is 4.47. The fraction of sp³-hybridized carbons (Fsp3) is 0.167. The van der Waals surface area contributed by atoms with E-state index in [1.807, 2.05) is 84.9 Å². The molecular formula is C24H23NO3. The van der Waals surface area contributed by atoms with Crippen molar-refractivity contribution in [2.24, 2.45) is 4.99 Å². The smallest absolute Gasteiger partial charge is 0.330 e. The van der Waals surface area contributed by atoms with Gasteiger partial charge in [0.1, 0.15) is 12.4 Å². The van der Waals surface area contributed by atoms with Gasteiger partial charge in [-0.15, -0.1) is 0 Å². The highest BCUT2D eigenvalue weighted by Gasteiger charge is 2.18. The molecule has 1 atom stereocenters. The molecule has 4 nitrogen and oxygen atoms in total. The van der Waals surface area contributed by atoms with Gasteiger partial charge in [0.2, 0.25) is 0 Å². The fourth-order valence-corrected chi connectivity index (χ4v) is 2.73. The van der Waals surface area contributed by atoms with Crippen LogP contribution >= 0.6 is 0 Å². The minimum Gasteiger partial charge on any atom is -0.489 e. The summed E-state index contributed by atoms with van der Waals surface area (Å²) in [7, 11) is 1.38. The van der Waals surface area contributed by atoms with Gasteiger partial charge in [-0.25, -0.2) is 4.79 Å². The van der Waals surface area contributed by atoms with E-state index in [0.717, 1.165) is 22.4 Å². The summed E-state index contributed by atoms with van der Waals surface area (Å²) in [5.74, 6) is 0.437. The van der Waals surface area contributed by atoms with E-state index in [1.54, 1.807) is 6.21 Å². The molecule has 28 heavy (non-hydrogen) atoms. The number of rotatable bonds is 8. The number of aliphatic imine (C=N–C) groups is 1. The Kier molecular flexibility index (Phi) is 6.96. The summed E-state index contributed by atoms with van der Waals surface area (Å²) in [6.45, 7) is 0.520. The first kappa shape index (κ1) is 19.4. The zero-order chi connectivity index (χ0) is 19.6. The van der Waals surface area contributed by atoms with Crippen molar-refractivity contribution in [1.82, 2.24) is 0 Å². The fourth-order valence-electron chi connectivity index (χ4n) is 2.73. The Hall–Kier alpha value is -3.40. The molecule has 0 N–H and O–H groups in total. The van der Waals surface area contributed by atoms with Crippen LogP contribution in [0.2, 0.25) is 0 Å². The average molecular weight is 373 g/mol. The lowest BCUT2D eigenvalue weighted by molar-refractivity contribution is -0.142. The molecule has 0 saturated heterocycles. The maximum Gasteiger partial charge on any atom is 0.330 e. The number of hydrogen-bond donors (Lipinski definition) is 0. The van der Waals surface area contributed by atoms with Crippen LogP contribution in [-0.4, -0.2) is 25.3 Å². The first-order valence-corrected chi connectivity index (χ1v) is 9.16. The zero-order valence-electron chi connectivity index (χ0n) is 15.8. The van der Waals surface area contributed by atoms with Crippen LogP contribution in [0.25, 0.3) is 0 Å². The highest BCUT2D eigenvalue weighted by Crippen LogP contribution is 2.16. The molecule has 4 heteroatoms. The molecule has 0 spiro atoms. The lowest BCUT2D eigenvalue weighted by atomic mass is 10.1. The van der Waals surface area contributed by atoms with Crippen LogP contribution in [0.5, 0.6) is 5.75 Å². The van der Waals surface area contributed by atoms with E-state index in [0.29, 0.717) is 13.0 Å². The molecule has 3 aromatic carbocycles. The maximum absolute atomic E-state index is 12.1. The van der Waals surface area contributed by atoms with Gasteiger partial charge in [0.05, 0.1) is 7.11 Å². The van der Waals surface area contributed by atoms with E-state index in [4.69, 9.17) is 9.47 Å². The summed E-state index contributed by atoms with van der Waals surface area (Å²) in [5.41, 5.74) is 3.06. The molecular weight excluding hydrogens is 350 g/mol. The van der Waals surface area contributed by atoms with Crippen LogP contribution in [0, 0.1) is 0 Å². The van der Waals surface area contributed by atoms with Gasteiger partial charge in [0.25, 0.3) is 0 Å². The second-order valence-electron chi connectivity index (χ2n) is 6.35. The minimum absolute atomic E-state index is 0.350. The molecule has 3 rings (SSSR count). The topological polar surface area (TPSA) is 47.9 Å². The van der Waals surface area contributed by atoms with Crippen LogP contribution in [0.15, 0.2) is 89.9 Å². The number of ether oxygens (including phenoxy) is 2. The molecule has 0 aliphatic rings. The summed E-state index contributed by atoms with van der Waals surface area (Å²) in [6.07, 6.45) is 2.17. The van der Waals surface area contributed by atoms with Crippen LogP contribution in [0.4, 0.5) is 0 Å². The average Bonchev–Trinajstić information content (AvgIpc) is 2.77. The summed E-state index contributed by atoms with van der Waals surface area (Å²) in [6, 6.07) is 26.9. The summed E-state index contributed by atoms with van der Waals surface area (Å²) in [4.78, 5) is 16.5. The molecule has 0 amide bonds. The van der Waals surface area contributed by atoms with Crippen LogP contribution in [0.1, 0.15) is 16.7 Å². The van der Waals surface area contributed by atoms with Crippen LogP contribution in [0.3, 0.4) is 0 Å². The second-order valence-corrected chi connectivity index (χ2v) is 6.35. The Morgan fingerprint density at radius 2 is 1.54 bits per heavy atom. The van der Waals surface area contributed by atoms with Crippen molar-refractivity contribution >= 4 is 12.2 Å². The van der Waals surface area contributed by atoms with Crippen molar-refractivity contribution in [3.05, 3.63) is 102 Å². The van der Waals surface area contributed by atoms with E-state index >= 15 is 0 Å². The van der Waals surface area contributed by atoms with Gasteiger partial charge in [-0.3, -0.25) is 4.99 Å². The molecule has 0 aliphatic carbocycles. The monoisotopic (exact) mass is 373 g/mol. The van der Waals surface area contributed by atoms with Gasteiger partial charge >= 0.3 is 5.97 Å². The molecule has 0 aliphatic heterocycles. The van der Waals surface area contributed by atoms with Gasteiger partial charge in [-0.05, 0) is 28.8 Å². The SMILES string of the molecule is COC(=O)[C@H](Cc1ccc(OCc2ccccc2)cc1)N=Cc1ccccc1. The molecule has 0 aromatic heterocycles. The lowest BCUT2D eigenvalue weighted by Gasteiger charge is -2.11. The Labute approximate surface area is 165 Å². The third kappa shape index (κ3) is 5.81. The number of carbonyl (C=O) groups is 1. The van der Waals surface area contributed by atoms with Crippen molar-refractivity contribution in [2.75, 3.05) is 7.11 Å². The molecule has 0 unspecified atom stereocenters. The molecule has 0 bridgehead atoms. The Morgan fingerprint density at radius 3 is 2.18 bits per heavy atom. The number of methoxy groups -OCH3 is 1. The maximum atomic E-state index is 12.1. The molecule has 3 aromatic rings. The highest BCUT2D eigenvalue weighted by molar-refractivity contribution is 5.84. The standard InChI is InChI=1S/C24H23NO3/c1-27-24(26)23(25-17-20-8-4-2-5-9-20)16-19-12-14-22(15-13-19)28-18-21-10-6-3-7-11-21/h2-15,17,23H,16,18H2,1H3/t23-/m0/s1. The quantitative estimate of drug-likeness (QED) is 0.432. The Balaban J connectivity index is 1.62. The summed E-state index contributed by atoms with van der Waals surface area (Å²) in [5, 5.41) is 0. The minimum atomic E-state index is -0.582. The van der Waals surface area contributed by atoms with E-state index in [1.165, 1.54) is 7.11 Å². The number of hydrogen-bond acceptors (Lipinski definition) is 4. The zero-order valence-corrected chi connectivity index (χ0v) is 15.8. The Bertz CT molecular complexity index is 890. The number of benzene rings is 3. The first-order chi connectivity index (χ1) is 13.7. The first-order valence-electron chi connectivity index (χ1n) is 9.16. The van der Waals surface area contributed by atoms with Crippen molar-refractivity contribution in [2.45, 2.75) is 19.1 Å². The molecule has 142 valence electrons. The summed E-state index contributed by atoms with van der Waals surface area (Å²) >= 11 is 0. The Morgan fingerprint density at radius 1 is 0.893 bits per heavy atom. The van der Waals surface area contributed by atoms with Crippen molar-refractivity contribution in [3.63, 3.8) is 0 Å². The molecule has 0 saturated carbocycles. The third-order valence-electron chi connectivity index (χ3n) is 4.28. The van der Waals surface area contributed by atoms with Crippen molar-refractivity contribution < 1.29 is 14.3 Å². The lowest BCUT2D eigenvalue weighted by Crippen LogP contribution is -2.23. The van der Waals surface area contributed by atoms with E-state index in [2.05, 4.69) is 4.99 Å². The number of esters is 1. The van der Waals surface area contributed by atoms with Crippen molar-refractivity contribution in [3.8, 4) is 5.75 Å². The van der Waals surface area contributed by atoms with Gasteiger partial charge in [-0.1, -0.05) is 72.8 Å². The van der Waals surface area contributed by atoms with Crippen LogP contribution in [-0.2, 0) is 22.6 Å². The largest absolute Gasteiger partial charge is 0.489 e. The van der Waals surface area contributed by atoms with Gasteiger partial charge in [-0.2, -0.15) is 0 Å². The van der Waals surface area contributed by atoms with E-state index in [-0.39, 0.29) is 5.97 Å². The van der Waals surface area contributed by atoms with Crippen LogP contribution < -0.4 is 4.74 Å². The third-order valence-corrected chi connectivity index (χ3v) is 4.28. The highest BCUT2D eigenvalue weighted by atomic mass is 16.5. The molecule has 0 radical (unpaired) electrons. The van der Waals surface area contributed by atoms with E-state index in [9.17, 15) is 4.79 Å². The molecule has 0 heterocycles. The normalized spacial score (nSPS) is 11.9. The van der Waals surface area contributed by atoms with E-state index < -0.39 is 6.04 Å². The predicted molar refractivity (Wildman–Crippen MR) is 111 cm³/mol.